The fourth-order valence-electron chi connectivity index (χ4n) is 3.57. The number of hydrogen-bond donors (Lipinski definition) is 2. The van der Waals surface area contributed by atoms with Gasteiger partial charge < -0.3 is 14.9 Å². The quantitative estimate of drug-likeness (QED) is 0.856. The van der Waals surface area contributed by atoms with Gasteiger partial charge in [-0.2, -0.15) is 0 Å². The standard InChI is InChI=1S/C22H29NO3/c1-17-4-9-21(18(2)14-17)26-16-22(25)10-3-12-23(13-11-22)15-19-5-7-20(24)8-6-19/h4-9,14,24-25H,3,10-13,15-16H2,1-2H3/t22-/m1/s1. The molecule has 0 radical (unpaired) electrons. The van der Waals surface area contributed by atoms with Crippen LogP contribution >= 0.6 is 0 Å². The van der Waals surface area contributed by atoms with Crippen LogP contribution in [0.3, 0.4) is 0 Å². The van der Waals surface area contributed by atoms with Gasteiger partial charge in [-0.1, -0.05) is 29.8 Å². The predicted molar refractivity (Wildman–Crippen MR) is 104 cm³/mol. The molecule has 2 N–H and O–H groups in total. The summed E-state index contributed by atoms with van der Waals surface area (Å²) in [6, 6.07) is 13.5. The van der Waals surface area contributed by atoms with Crippen LogP contribution in [0.2, 0.25) is 0 Å². The van der Waals surface area contributed by atoms with Crippen LogP contribution in [0.5, 0.6) is 11.5 Å². The van der Waals surface area contributed by atoms with E-state index in [9.17, 15) is 10.2 Å². The molecule has 0 spiro atoms. The molecule has 1 heterocycles. The lowest BCUT2D eigenvalue weighted by Gasteiger charge is -2.27. The summed E-state index contributed by atoms with van der Waals surface area (Å²) in [5, 5.41) is 20.4. The zero-order valence-corrected chi connectivity index (χ0v) is 15.7. The van der Waals surface area contributed by atoms with Gasteiger partial charge in [-0.15, -0.1) is 0 Å². The smallest absolute Gasteiger partial charge is 0.122 e. The first kappa shape index (κ1) is 18.7. The van der Waals surface area contributed by atoms with Crippen molar-refractivity contribution in [2.45, 2.75) is 45.3 Å². The molecule has 0 amide bonds. The molecule has 2 aromatic carbocycles. The highest BCUT2D eigenvalue weighted by atomic mass is 16.5. The van der Waals surface area contributed by atoms with Crippen molar-refractivity contribution in [3.05, 3.63) is 59.2 Å². The highest BCUT2D eigenvalue weighted by Gasteiger charge is 2.31. The molecule has 3 rings (SSSR count). The summed E-state index contributed by atoms with van der Waals surface area (Å²) in [4.78, 5) is 2.36. The number of likely N-dealkylation sites (tertiary alicyclic amines) is 1. The van der Waals surface area contributed by atoms with Crippen LogP contribution in [0.15, 0.2) is 42.5 Å². The number of hydrogen-bond acceptors (Lipinski definition) is 4. The molecular formula is C22H29NO3. The molecule has 1 aliphatic heterocycles. The molecule has 0 aromatic heterocycles. The maximum absolute atomic E-state index is 11.0. The van der Waals surface area contributed by atoms with Gasteiger partial charge in [-0.3, -0.25) is 4.90 Å². The van der Waals surface area contributed by atoms with Crippen molar-refractivity contribution in [2.24, 2.45) is 0 Å². The second-order valence-electron chi connectivity index (χ2n) is 7.58. The Morgan fingerprint density at radius 2 is 1.81 bits per heavy atom. The topological polar surface area (TPSA) is 52.9 Å². The van der Waals surface area contributed by atoms with Crippen molar-refractivity contribution in [1.82, 2.24) is 4.90 Å². The lowest BCUT2D eigenvalue weighted by Crippen LogP contribution is -2.37. The van der Waals surface area contributed by atoms with E-state index in [2.05, 4.69) is 17.9 Å². The lowest BCUT2D eigenvalue weighted by atomic mass is 9.96. The number of phenolic OH excluding ortho intramolecular Hbond substituents is 1. The summed E-state index contributed by atoms with van der Waals surface area (Å²) in [6.45, 7) is 7.09. The van der Waals surface area contributed by atoms with Crippen molar-refractivity contribution in [2.75, 3.05) is 19.7 Å². The Balaban J connectivity index is 1.55. The van der Waals surface area contributed by atoms with Crippen LogP contribution in [0.1, 0.15) is 36.0 Å². The molecule has 0 aliphatic carbocycles. The van der Waals surface area contributed by atoms with Crippen molar-refractivity contribution in [3.8, 4) is 11.5 Å². The van der Waals surface area contributed by atoms with E-state index in [1.165, 1.54) is 11.1 Å². The van der Waals surface area contributed by atoms with Crippen LogP contribution in [0.25, 0.3) is 0 Å². The van der Waals surface area contributed by atoms with Gasteiger partial charge in [0.25, 0.3) is 0 Å². The van der Waals surface area contributed by atoms with E-state index in [4.69, 9.17) is 4.74 Å². The van der Waals surface area contributed by atoms with Gasteiger partial charge in [0.05, 0.1) is 5.60 Å². The molecule has 140 valence electrons. The van der Waals surface area contributed by atoms with Crippen molar-refractivity contribution >= 4 is 0 Å². The maximum Gasteiger partial charge on any atom is 0.122 e. The first-order valence-electron chi connectivity index (χ1n) is 9.36. The second kappa shape index (κ2) is 8.11. The summed E-state index contributed by atoms with van der Waals surface area (Å²) < 4.78 is 5.96. The molecule has 0 saturated carbocycles. The normalized spacial score (nSPS) is 21.3. The van der Waals surface area contributed by atoms with Crippen LogP contribution in [-0.4, -0.2) is 40.4 Å². The average Bonchev–Trinajstić information content (AvgIpc) is 2.78. The van der Waals surface area contributed by atoms with E-state index < -0.39 is 5.60 Å². The zero-order valence-electron chi connectivity index (χ0n) is 15.7. The SMILES string of the molecule is Cc1ccc(OC[C@@]2(O)CCCN(Cc3ccc(O)cc3)CC2)c(C)c1. The third-order valence-corrected chi connectivity index (χ3v) is 5.18. The number of phenols is 1. The minimum absolute atomic E-state index is 0.294. The van der Waals surface area contributed by atoms with Crippen molar-refractivity contribution in [3.63, 3.8) is 0 Å². The Hall–Kier alpha value is -2.04. The highest BCUT2D eigenvalue weighted by Crippen LogP contribution is 2.26. The van der Waals surface area contributed by atoms with Crippen LogP contribution < -0.4 is 4.74 Å². The molecule has 1 fully saturated rings. The maximum atomic E-state index is 11.0. The van der Waals surface area contributed by atoms with Crippen molar-refractivity contribution < 1.29 is 14.9 Å². The van der Waals surface area contributed by atoms with Gasteiger partial charge in [0.1, 0.15) is 18.1 Å². The van der Waals surface area contributed by atoms with Gasteiger partial charge in [0.2, 0.25) is 0 Å². The number of aromatic hydroxyl groups is 1. The number of nitrogens with zero attached hydrogens (tertiary/aromatic N) is 1. The van der Waals surface area contributed by atoms with Gasteiger partial charge in [0, 0.05) is 13.1 Å². The Morgan fingerprint density at radius 1 is 1.04 bits per heavy atom. The minimum Gasteiger partial charge on any atom is -0.508 e. The molecule has 1 saturated heterocycles. The summed E-state index contributed by atoms with van der Waals surface area (Å²) in [5.74, 6) is 1.15. The first-order chi connectivity index (χ1) is 12.4. The molecular weight excluding hydrogens is 326 g/mol. The Kier molecular flexibility index (Phi) is 5.84. The van der Waals surface area contributed by atoms with E-state index in [-0.39, 0.29) is 0 Å². The van der Waals surface area contributed by atoms with E-state index >= 15 is 0 Å². The van der Waals surface area contributed by atoms with Gasteiger partial charge in [0.15, 0.2) is 0 Å². The monoisotopic (exact) mass is 355 g/mol. The van der Waals surface area contributed by atoms with Gasteiger partial charge >= 0.3 is 0 Å². The second-order valence-corrected chi connectivity index (χ2v) is 7.58. The molecule has 0 bridgehead atoms. The average molecular weight is 355 g/mol. The molecule has 4 nitrogen and oxygen atoms in total. The Morgan fingerprint density at radius 3 is 2.54 bits per heavy atom. The van der Waals surface area contributed by atoms with E-state index in [1.807, 2.05) is 31.2 Å². The summed E-state index contributed by atoms with van der Waals surface area (Å²) >= 11 is 0. The summed E-state index contributed by atoms with van der Waals surface area (Å²) in [7, 11) is 0. The van der Waals surface area contributed by atoms with Crippen molar-refractivity contribution in [1.29, 1.82) is 0 Å². The van der Waals surface area contributed by atoms with Crippen LogP contribution in [0.4, 0.5) is 0 Å². The first-order valence-corrected chi connectivity index (χ1v) is 9.36. The Labute approximate surface area is 156 Å². The Bertz CT molecular complexity index is 729. The van der Waals surface area contributed by atoms with E-state index in [0.29, 0.717) is 18.8 Å². The summed E-state index contributed by atoms with van der Waals surface area (Å²) in [6.07, 6.45) is 2.41. The fraction of sp³-hybridized carbons (Fsp3) is 0.455. The number of benzene rings is 2. The predicted octanol–water partition coefficient (Wildman–Crippen LogP) is 3.81. The number of ether oxygens (including phenoxy) is 1. The number of aliphatic hydroxyl groups is 1. The van der Waals surface area contributed by atoms with Gasteiger partial charge in [-0.25, -0.2) is 0 Å². The highest BCUT2D eigenvalue weighted by molar-refractivity contribution is 5.35. The number of rotatable bonds is 5. The third-order valence-electron chi connectivity index (χ3n) is 5.18. The molecule has 1 atom stereocenters. The lowest BCUT2D eigenvalue weighted by molar-refractivity contribution is -0.0170. The van der Waals surface area contributed by atoms with E-state index in [1.54, 1.807) is 12.1 Å². The largest absolute Gasteiger partial charge is 0.508 e. The molecule has 4 heteroatoms. The van der Waals surface area contributed by atoms with Gasteiger partial charge in [-0.05, 0) is 69.0 Å². The summed E-state index contributed by atoms with van der Waals surface area (Å²) in [5.41, 5.74) is 2.73. The molecule has 2 aromatic rings. The molecule has 0 unspecified atom stereocenters. The molecule has 26 heavy (non-hydrogen) atoms. The third kappa shape index (κ3) is 4.99. The molecule has 1 aliphatic rings. The minimum atomic E-state index is -0.777. The van der Waals surface area contributed by atoms with E-state index in [0.717, 1.165) is 43.8 Å². The van der Waals surface area contributed by atoms with Crippen LogP contribution in [0, 0.1) is 13.8 Å². The fourth-order valence-corrected chi connectivity index (χ4v) is 3.57. The number of aryl methyl sites for hydroxylation is 2. The van der Waals surface area contributed by atoms with Crippen LogP contribution in [-0.2, 0) is 6.54 Å². The zero-order chi connectivity index (χ0) is 18.6.